The van der Waals surface area contributed by atoms with Gasteiger partial charge in [0.05, 0.1) is 0 Å². The zero-order valence-electron chi connectivity index (χ0n) is 44.0. The van der Waals surface area contributed by atoms with E-state index in [4.69, 9.17) is 14.2 Å². The molecule has 0 aliphatic heterocycles. The molecule has 1 atom stereocenters. The highest BCUT2D eigenvalue weighted by atomic mass is 16.6. The van der Waals surface area contributed by atoms with Crippen molar-refractivity contribution in [1.29, 1.82) is 0 Å². The van der Waals surface area contributed by atoms with Crippen molar-refractivity contribution in [3.05, 3.63) is 146 Å². The van der Waals surface area contributed by atoms with Crippen LogP contribution in [0.3, 0.4) is 0 Å². The van der Waals surface area contributed by atoms with E-state index < -0.39 is 6.10 Å². The molecular weight excluding hydrogens is 853 g/mol. The summed E-state index contributed by atoms with van der Waals surface area (Å²) in [6, 6.07) is 0. The van der Waals surface area contributed by atoms with Gasteiger partial charge in [-0.15, -0.1) is 0 Å². The molecule has 0 heterocycles. The average Bonchev–Trinajstić information content (AvgIpc) is 3.35. The van der Waals surface area contributed by atoms with Crippen LogP contribution < -0.4 is 0 Å². The molecule has 6 nitrogen and oxygen atoms in total. The third-order valence-corrected chi connectivity index (χ3v) is 10.8. The summed E-state index contributed by atoms with van der Waals surface area (Å²) >= 11 is 0. The number of allylic oxidation sites excluding steroid dienone is 24. The molecule has 0 spiro atoms. The Labute approximate surface area is 423 Å². The number of ether oxygens (including phenoxy) is 3. The number of unbranched alkanes of at least 4 members (excludes halogenated alkanes) is 12. The largest absolute Gasteiger partial charge is 0.462 e. The van der Waals surface area contributed by atoms with E-state index in [1.54, 1.807) is 0 Å². The van der Waals surface area contributed by atoms with Crippen LogP contribution in [0.5, 0.6) is 0 Å². The highest BCUT2D eigenvalue weighted by Gasteiger charge is 2.19. The Bertz CT molecular complexity index is 1560. The van der Waals surface area contributed by atoms with Crippen LogP contribution in [-0.2, 0) is 28.6 Å². The first-order valence-electron chi connectivity index (χ1n) is 27.3. The molecule has 0 aliphatic carbocycles. The lowest BCUT2D eigenvalue weighted by atomic mass is 10.1. The lowest BCUT2D eigenvalue weighted by molar-refractivity contribution is -0.166. The van der Waals surface area contributed by atoms with E-state index in [0.29, 0.717) is 19.3 Å². The Kier molecular flexibility index (Phi) is 52.1. The van der Waals surface area contributed by atoms with Gasteiger partial charge in [-0.25, -0.2) is 0 Å². The van der Waals surface area contributed by atoms with E-state index in [1.807, 2.05) is 12.2 Å². The molecule has 0 saturated heterocycles. The Balaban J connectivity index is 4.52. The van der Waals surface area contributed by atoms with Crippen molar-refractivity contribution in [3.8, 4) is 0 Å². The van der Waals surface area contributed by atoms with Crippen LogP contribution in [0.2, 0.25) is 0 Å². The Morgan fingerprint density at radius 3 is 0.899 bits per heavy atom. The predicted octanol–water partition coefficient (Wildman–Crippen LogP) is 18.4. The smallest absolute Gasteiger partial charge is 0.306 e. The molecule has 69 heavy (non-hydrogen) atoms. The third kappa shape index (κ3) is 54.1. The molecule has 1 unspecified atom stereocenters. The summed E-state index contributed by atoms with van der Waals surface area (Å²) in [5, 5.41) is 0. The predicted molar refractivity (Wildman–Crippen MR) is 297 cm³/mol. The molecule has 6 heteroatoms. The molecule has 0 aliphatic rings. The topological polar surface area (TPSA) is 78.9 Å². The van der Waals surface area contributed by atoms with Gasteiger partial charge in [0.2, 0.25) is 0 Å². The van der Waals surface area contributed by atoms with Gasteiger partial charge in [-0.1, -0.05) is 218 Å². The number of carbonyl (C=O) groups excluding carboxylic acids is 3. The molecule has 0 aromatic rings. The van der Waals surface area contributed by atoms with Crippen molar-refractivity contribution in [1.82, 2.24) is 0 Å². The molecule has 0 fully saturated rings. The van der Waals surface area contributed by atoms with Crippen LogP contribution in [0.15, 0.2) is 146 Å². The second kappa shape index (κ2) is 55.9. The molecular formula is C63H98O6. The molecule has 0 rings (SSSR count). The van der Waals surface area contributed by atoms with Crippen molar-refractivity contribution in [2.24, 2.45) is 0 Å². The van der Waals surface area contributed by atoms with Crippen LogP contribution in [0.25, 0.3) is 0 Å². The van der Waals surface area contributed by atoms with E-state index in [9.17, 15) is 14.4 Å². The minimum atomic E-state index is -0.827. The second-order valence-corrected chi connectivity index (χ2v) is 17.3. The summed E-state index contributed by atoms with van der Waals surface area (Å²) in [5.74, 6) is -1.04. The van der Waals surface area contributed by atoms with Gasteiger partial charge in [0, 0.05) is 19.3 Å². The standard InChI is InChI=1S/C63H98O6/c1-4-7-10-13-16-19-22-25-27-29-30-31-32-34-35-38-41-44-47-50-53-56-62(65)68-59-60(58-67-61(64)55-52-49-46-43-40-37-24-21-18-15-12-9-6-3)69-63(66)57-54-51-48-45-42-39-36-33-28-26-23-20-17-14-11-8-5-2/h7-12,16-21,25-28,30-31,34-35,37,40,46,49,60H,4-6,13-15,22-24,29,32-33,36,38-39,41-45,47-48,50-59H2,1-3H3/b10-7-,11-8-,12-9-,19-16-,20-17-,21-18-,27-25-,28-26-,31-30-,35-34-,40-37-,49-46-. The van der Waals surface area contributed by atoms with Crippen LogP contribution in [-0.4, -0.2) is 37.2 Å². The summed E-state index contributed by atoms with van der Waals surface area (Å²) in [4.78, 5) is 38.1. The highest BCUT2D eigenvalue weighted by molar-refractivity contribution is 5.71. The number of hydrogen-bond donors (Lipinski definition) is 0. The van der Waals surface area contributed by atoms with Gasteiger partial charge in [-0.2, -0.15) is 0 Å². The average molecular weight is 951 g/mol. The summed E-state index contributed by atoms with van der Waals surface area (Å²) in [6.45, 7) is 6.19. The zero-order valence-corrected chi connectivity index (χ0v) is 44.0. The van der Waals surface area contributed by atoms with E-state index in [0.717, 1.165) is 148 Å². The van der Waals surface area contributed by atoms with Gasteiger partial charge in [0.1, 0.15) is 13.2 Å². The molecule has 0 aromatic carbocycles. The van der Waals surface area contributed by atoms with E-state index >= 15 is 0 Å². The first kappa shape index (κ1) is 64.3. The quantitative estimate of drug-likeness (QED) is 0.0262. The van der Waals surface area contributed by atoms with Crippen molar-refractivity contribution in [2.45, 2.75) is 219 Å². The zero-order chi connectivity index (χ0) is 50.0. The van der Waals surface area contributed by atoms with Crippen LogP contribution in [0.1, 0.15) is 213 Å². The van der Waals surface area contributed by atoms with Gasteiger partial charge < -0.3 is 14.2 Å². The summed E-state index contributed by atoms with van der Waals surface area (Å²) in [6.07, 6.45) is 79.9. The lowest BCUT2D eigenvalue weighted by Crippen LogP contribution is -2.30. The molecule has 0 saturated carbocycles. The number of carbonyl (C=O) groups is 3. The number of rotatable bonds is 47. The monoisotopic (exact) mass is 951 g/mol. The van der Waals surface area contributed by atoms with Crippen molar-refractivity contribution in [2.75, 3.05) is 13.2 Å². The van der Waals surface area contributed by atoms with Gasteiger partial charge in [0.25, 0.3) is 0 Å². The Morgan fingerprint density at radius 2 is 0.551 bits per heavy atom. The maximum Gasteiger partial charge on any atom is 0.306 e. The highest BCUT2D eigenvalue weighted by Crippen LogP contribution is 2.13. The molecule has 0 aromatic heterocycles. The summed E-state index contributed by atoms with van der Waals surface area (Å²) in [5.41, 5.74) is 0. The number of esters is 3. The molecule has 0 amide bonds. The Morgan fingerprint density at radius 1 is 0.290 bits per heavy atom. The van der Waals surface area contributed by atoms with Crippen LogP contribution in [0, 0.1) is 0 Å². The molecule has 0 bridgehead atoms. The number of hydrogen-bond acceptors (Lipinski definition) is 6. The van der Waals surface area contributed by atoms with Crippen LogP contribution in [0.4, 0.5) is 0 Å². The lowest BCUT2D eigenvalue weighted by Gasteiger charge is -2.18. The van der Waals surface area contributed by atoms with E-state index in [1.165, 1.54) is 19.3 Å². The van der Waals surface area contributed by atoms with Crippen molar-refractivity contribution in [3.63, 3.8) is 0 Å². The van der Waals surface area contributed by atoms with Gasteiger partial charge in [-0.3, -0.25) is 14.4 Å². The maximum atomic E-state index is 12.8. The summed E-state index contributed by atoms with van der Waals surface area (Å²) < 4.78 is 16.7. The molecule has 0 radical (unpaired) electrons. The van der Waals surface area contributed by atoms with Crippen molar-refractivity contribution < 1.29 is 28.6 Å². The van der Waals surface area contributed by atoms with E-state index in [2.05, 4.69) is 154 Å². The normalized spacial score (nSPS) is 13.3. The van der Waals surface area contributed by atoms with Gasteiger partial charge >= 0.3 is 17.9 Å². The first-order valence-corrected chi connectivity index (χ1v) is 27.3. The molecule has 386 valence electrons. The fourth-order valence-corrected chi connectivity index (χ4v) is 6.85. The van der Waals surface area contributed by atoms with Crippen molar-refractivity contribution >= 4 is 17.9 Å². The maximum absolute atomic E-state index is 12.8. The third-order valence-electron chi connectivity index (χ3n) is 10.8. The fourth-order valence-electron chi connectivity index (χ4n) is 6.85. The van der Waals surface area contributed by atoms with Crippen LogP contribution >= 0.6 is 0 Å². The van der Waals surface area contributed by atoms with E-state index in [-0.39, 0.29) is 37.5 Å². The van der Waals surface area contributed by atoms with Gasteiger partial charge in [0.15, 0.2) is 6.10 Å². The second-order valence-electron chi connectivity index (χ2n) is 17.3. The summed E-state index contributed by atoms with van der Waals surface area (Å²) in [7, 11) is 0. The Hall–Kier alpha value is -4.71. The minimum Gasteiger partial charge on any atom is -0.462 e. The molecule has 0 N–H and O–H groups in total. The minimum absolute atomic E-state index is 0.121. The van der Waals surface area contributed by atoms with Gasteiger partial charge in [-0.05, 0) is 122 Å². The SMILES string of the molecule is CC/C=C\C/C=C\C/C=C\C/C=C\C/C=C\CCCCCCCC(=O)OCC(COC(=O)CC/C=C\C/C=C\C/C=C\C/C=C\CC)OC(=O)CCCCCCCCC/C=C\C/C=C\C/C=C\CC. The first-order chi connectivity index (χ1) is 34.0. The fraction of sp³-hybridized carbons (Fsp3) is 0.571.